The summed E-state index contributed by atoms with van der Waals surface area (Å²) in [5, 5.41) is 0. The first-order chi connectivity index (χ1) is 5.38. The zero-order valence-corrected chi connectivity index (χ0v) is 7.17. The van der Waals surface area contributed by atoms with Crippen LogP contribution in [0.3, 0.4) is 0 Å². The fraction of sp³-hybridized carbons (Fsp3) is 0.333. The molecule has 0 unspecified atom stereocenters. The van der Waals surface area contributed by atoms with Crippen LogP contribution < -0.4 is 0 Å². The lowest BCUT2D eigenvalue weighted by atomic mass is 10.2. The molecule has 0 bridgehead atoms. The van der Waals surface area contributed by atoms with Crippen molar-refractivity contribution in [3.8, 4) is 0 Å². The Balaban J connectivity index is 0.000000461. The lowest BCUT2D eigenvalue weighted by Gasteiger charge is -1.87. The van der Waals surface area contributed by atoms with Crippen LogP contribution in [0.2, 0.25) is 0 Å². The van der Waals surface area contributed by atoms with Gasteiger partial charge in [-0.3, -0.25) is 9.98 Å². The summed E-state index contributed by atoms with van der Waals surface area (Å²) in [5.74, 6) is 0. The fourth-order valence-corrected chi connectivity index (χ4v) is 0.688. The quantitative estimate of drug-likeness (QED) is 0.576. The van der Waals surface area contributed by atoms with E-state index in [2.05, 4.69) is 23.1 Å². The van der Waals surface area contributed by atoms with Crippen LogP contribution in [0.15, 0.2) is 35.3 Å². The van der Waals surface area contributed by atoms with Gasteiger partial charge in [0.1, 0.15) is 6.67 Å². The molecule has 11 heavy (non-hydrogen) atoms. The molecule has 0 aromatic heterocycles. The first-order valence-electron chi connectivity index (χ1n) is 3.72. The van der Waals surface area contributed by atoms with Crippen molar-refractivity contribution in [1.29, 1.82) is 0 Å². The van der Waals surface area contributed by atoms with E-state index in [0.717, 1.165) is 11.4 Å². The molecule has 0 aromatic carbocycles. The van der Waals surface area contributed by atoms with Crippen LogP contribution in [0.5, 0.6) is 0 Å². The van der Waals surface area contributed by atoms with Crippen molar-refractivity contribution in [1.82, 2.24) is 0 Å². The normalized spacial score (nSPS) is 14.0. The van der Waals surface area contributed by atoms with Crippen molar-refractivity contribution in [2.24, 2.45) is 9.98 Å². The zero-order chi connectivity index (χ0) is 8.69. The highest BCUT2D eigenvalue weighted by Crippen LogP contribution is 1.97. The van der Waals surface area contributed by atoms with Gasteiger partial charge in [-0.1, -0.05) is 27.0 Å². The predicted molar refractivity (Wildman–Crippen MR) is 51.5 cm³/mol. The average molecular weight is 150 g/mol. The van der Waals surface area contributed by atoms with Gasteiger partial charge in [0.15, 0.2) is 0 Å². The average Bonchev–Trinajstić information content (AvgIpc) is 2.54. The summed E-state index contributed by atoms with van der Waals surface area (Å²) in [4.78, 5) is 8.06. The third-order valence-electron chi connectivity index (χ3n) is 1.13. The molecule has 2 heteroatoms. The van der Waals surface area contributed by atoms with Crippen LogP contribution >= 0.6 is 0 Å². The molecule has 2 nitrogen and oxygen atoms in total. The molecule has 1 aliphatic rings. The van der Waals surface area contributed by atoms with Gasteiger partial charge in [-0.2, -0.15) is 0 Å². The molecule has 0 aromatic rings. The highest BCUT2D eigenvalue weighted by atomic mass is 15.0. The first kappa shape index (κ1) is 9.82. The number of allylic oxidation sites excluding steroid dienone is 2. The van der Waals surface area contributed by atoms with Gasteiger partial charge in [0.2, 0.25) is 0 Å². The van der Waals surface area contributed by atoms with Crippen molar-refractivity contribution in [3.05, 3.63) is 25.3 Å². The molecule has 0 saturated carbocycles. The molecule has 1 rings (SSSR count). The van der Waals surface area contributed by atoms with E-state index in [1.54, 1.807) is 12.2 Å². The maximum absolute atomic E-state index is 4.03. The van der Waals surface area contributed by atoms with Gasteiger partial charge in [-0.25, -0.2) is 0 Å². The van der Waals surface area contributed by atoms with Gasteiger partial charge in [0.25, 0.3) is 0 Å². The maximum Gasteiger partial charge on any atom is 0.130 e. The van der Waals surface area contributed by atoms with Gasteiger partial charge in [-0.05, 0) is 12.2 Å². The summed E-state index contributed by atoms with van der Waals surface area (Å²) >= 11 is 0. The third kappa shape index (κ3) is 2.50. The maximum atomic E-state index is 4.03. The molecule has 0 radical (unpaired) electrons. The summed E-state index contributed by atoms with van der Waals surface area (Å²) in [6, 6.07) is 0. The lowest BCUT2D eigenvalue weighted by molar-refractivity contribution is 1.10. The minimum atomic E-state index is 0.530. The fourth-order valence-electron chi connectivity index (χ4n) is 0.688. The minimum absolute atomic E-state index is 0.530. The van der Waals surface area contributed by atoms with Crippen LogP contribution in [0.25, 0.3) is 0 Å². The van der Waals surface area contributed by atoms with Crippen molar-refractivity contribution in [3.63, 3.8) is 0 Å². The molecule has 0 saturated heterocycles. The summed E-state index contributed by atoms with van der Waals surface area (Å²) in [7, 11) is 0. The molecular weight excluding hydrogens is 136 g/mol. The van der Waals surface area contributed by atoms with E-state index in [1.807, 2.05) is 13.8 Å². The van der Waals surface area contributed by atoms with Gasteiger partial charge < -0.3 is 0 Å². The van der Waals surface area contributed by atoms with E-state index in [-0.39, 0.29) is 0 Å². The van der Waals surface area contributed by atoms with Crippen LogP contribution in [-0.2, 0) is 0 Å². The second kappa shape index (κ2) is 5.59. The molecule has 0 spiro atoms. The van der Waals surface area contributed by atoms with Crippen molar-refractivity contribution in [2.75, 3.05) is 6.67 Å². The Hall–Kier alpha value is -1.18. The van der Waals surface area contributed by atoms with Crippen molar-refractivity contribution in [2.45, 2.75) is 13.8 Å². The molecule has 1 aliphatic heterocycles. The minimum Gasteiger partial charge on any atom is -0.260 e. The van der Waals surface area contributed by atoms with Crippen molar-refractivity contribution >= 4 is 11.4 Å². The highest BCUT2D eigenvalue weighted by Gasteiger charge is 2.04. The van der Waals surface area contributed by atoms with Gasteiger partial charge in [-0.15, -0.1) is 0 Å². The van der Waals surface area contributed by atoms with Gasteiger partial charge >= 0.3 is 0 Å². The number of hydrogen-bond donors (Lipinski definition) is 0. The summed E-state index contributed by atoms with van der Waals surface area (Å²) in [6.07, 6.45) is 3.38. The Kier molecular flexibility index (Phi) is 4.99. The van der Waals surface area contributed by atoms with Gasteiger partial charge in [0.05, 0.1) is 11.4 Å². The summed E-state index contributed by atoms with van der Waals surface area (Å²) in [6.45, 7) is 11.7. The van der Waals surface area contributed by atoms with Crippen LogP contribution in [-0.4, -0.2) is 18.1 Å². The predicted octanol–water partition coefficient (Wildman–Crippen LogP) is 2.24. The Morgan fingerprint density at radius 3 is 1.73 bits per heavy atom. The SMILES string of the molecule is C=CC1=NCN=C1C=C.CC. The van der Waals surface area contributed by atoms with Crippen LogP contribution in [0.1, 0.15) is 13.8 Å². The summed E-state index contributed by atoms with van der Waals surface area (Å²) < 4.78 is 0. The molecular formula is C9H14N2. The molecule has 0 fully saturated rings. The number of nitrogens with zero attached hydrogens (tertiary/aromatic N) is 2. The molecule has 0 N–H and O–H groups in total. The van der Waals surface area contributed by atoms with E-state index in [4.69, 9.17) is 0 Å². The largest absolute Gasteiger partial charge is 0.260 e. The van der Waals surface area contributed by atoms with E-state index >= 15 is 0 Å². The Bertz CT molecular complexity index is 178. The Morgan fingerprint density at radius 1 is 1.09 bits per heavy atom. The van der Waals surface area contributed by atoms with Gasteiger partial charge in [0, 0.05) is 0 Å². The van der Waals surface area contributed by atoms with Crippen LogP contribution in [0, 0.1) is 0 Å². The van der Waals surface area contributed by atoms with E-state index in [0.29, 0.717) is 6.67 Å². The highest BCUT2D eigenvalue weighted by molar-refractivity contribution is 6.50. The lowest BCUT2D eigenvalue weighted by Crippen LogP contribution is -2.02. The van der Waals surface area contributed by atoms with E-state index in [1.165, 1.54) is 0 Å². The molecule has 0 amide bonds. The van der Waals surface area contributed by atoms with Crippen LogP contribution in [0.4, 0.5) is 0 Å². The topological polar surface area (TPSA) is 24.7 Å². The second-order valence-corrected chi connectivity index (χ2v) is 1.64. The third-order valence-corrected chi connectivity index (χ3v) is 1.13. The smallest absolute Gasteiger partial charge is 0.130 e. The number of hydrogen-bond acceptors (Lipinski definition) is 2. The second-order valence-electron chi connectivity index (χ2n) is 1.64. The standard InChI is InChI=1S/C7H8N2.C2H6/c1-3-6-7(4-2)9-5-8-6;1-2/h3-4H,1-2,5H2;1-2H3. The van der Waals surface area contributed by atoms with E-state index < -0.39 is 0 Å². The first-order valence-corrected chi connectivity index (χ1v) is 3.72. The molecule has 60 valence electrons. The van der Waals surface area contributed by atoms with Crippen molar-refractivity contribution < 1.29 is 0 Å². The number of rotatable bonds is 2. The van der Waals surface area contributed by atoms with E-state index in [9.17, 15) is 0 Å². The summed E-state index contributed by atoms with van der Waals surface area (Å²) in [5.41, 5.74) is 1.70. The molecule has 1 heterocycles. The Morgan fingerprint density at radius 2 is 1.45 bits per heavy atom. The Labute approximate surface area is 68.1 Å². The number of aliphatic imine (C=N–C) groups is 2. The molecule has 0 aliphatic carbocycles. The monoisotopic (exact) mass is 150 g/mol. The zero-order valence-electron chi connectivity index (χ0n) is 7.17. The molecule has 0 atom stereocenters.